The first-order valence-electron chi connectivity index (χ1n) is 8.80. The van der Waals surface area contributed by atoms with Gasteiger partial charge in [-0.05, 0) is 66.1 Å². The predicted octanol–water partition coefficient (Wildman–Crippen LogP) is 5.75. The SMILES string of the molecule is Cc1ccc(NC(=O)c2ccc(Cl)c(Cl)c2)cc1-c1ccc2nc(N)ncc2c1. The Morgan fingerprint density at radius 2 is 1.83 bits per heavy atom. The molecule has 3 aromatic carbocycles. The van der Waals surface area contributed by atoms with E-state index in [9.17, 15) is 4.79 Å². The topological polar surface area (TPSA) is 80.9 Å². The Kier molecular flexibility index (Phi) is 5.09. The maximum Gasteiger partial charge on any atom is 0.255 e. The first-order valence-corrected chi connectivity index (χ1v) is 9.56. The first-order chi connectivity index (χ1) is 13.9. The van der Waals surface area contributed by atoms with E-state index in [0.29, 0.717) is 21.3 Å². The van der Waals surface area contributed by atoms with Crippen molar-refractivity contribution >= 4 is 51.6 Å². The molecule has 1 aromatic heterocycles. The molecule has 3 N–H and O–H groups in total. The van der Waals surface area contributed by atoms with E-state index in [-0.39, 0.29) is 11.9 Å². The van der Waals surface area contributed by atoms with Gasteiger partial charge in [0.15, 0.2) is 0 Å². The summed E-state index contributed by atoms with van der Waals surface area (Å²) in [6.07, 6.45) is 1.70. The van der Waals surface area contributed by atoms with E-state index in [1.807, 2.05) is 43.3 Å². The molecule has 0 unspecified atom stereocenters. The second-order valence-electron chi connectivity index (χ2n) is 6.61. The van der Waals surface area contributed by atoms with Gasteiger partial charge in [0.1, 0.15) is 0 Å². The van der Waals surface area contributed by atoms with Gasteiger partial charge in [-0.2, -0.15) is 0 Å². The number of fused-ring (bicyclic) bond motifs is 1. The minimum absolute atomic E-state index is 0.244. The number of nitrogens with two attached hydrogens (primary N) is 1. The van der Waals surface area contributed by atoms with Crippen LogP contribution in [0.25, 0.3) is 22.0 Å². The normalized spacial score (nSPS) is 10.9. The van der Waals surface area contributed by atoms with Gasteiger partial charge in [-0.3, -0.25) is 4.79 Å². The second kappa shape index (κ2) is 7.70. The van der Waals surface area contributed by atoms with Gasteiger partial charge in [-0.25, -0.2) is 9.97 Å². The van der Waals surface area contributed by atoms with Crippen molar-refractivity contribution in [2.45, 2.75) is 6.92 Å². The van der Waals surface area contributed by atoms with E-state index in [1.54, 1.807) is 24.4 Å². The van der Waals surface area contributed by atoms with Crippen molar-refractivity contribution in [3.63, 3.8) is 0 Å². The third-order valence-corrected chi connectivity index (χ3v) is 5.33. The average molecular weight is 423 g/mol. The minimum Gasteiger partial charge on any atom is -0.368 e. The summed E-state index contributed by atoms with van der Waals surface area (Å²) in [5, 5.41) is 4.54. The van der Waals surface area contributed by atoms with Crippen molar-refractivity contribution < 1.29 is 4.79 Å². The zero-order valence-corrected chi connectivity index (χ0v) is 16.9. The van der Waals surface area contributed by atoms with E-state index in [4.69, 9.17) is 28.9 Å². The molecule has 0 fully saturated rings. The molecule has 1 amide bonds. The highest BCUT2D eigenvalue weighted by molar-refractivity contribution is 6.42. The van der Waals surface area contributed by atoms with Crippen molar-refractivity contribution in [1.82, 2.24) is 9.97 Å². The average Bonchev–Trinajstić information content (AvgIpc) is 2.71. The summed E-state index contributed by atoms with van der Waals surface area (Å²) < 4.78 is 0. The molecule has 0 saturated carbocycles. The van der Waals surface area contributed by atoms with Gasteiger partial charge in [0.2, 0.25) is 5.95 Å². The number of nitrogens with zero attached hydrogens (tertiary/aromatic N) is 2. The summed E-state index contributed by atoms with van der Waals surface area (Å²) in [5.41, 5.74) is 10.6. The lowest BCUT2D eigenvalue weighted by Gasteiger charge is -2.12. The number of carbonyl (C=O) groups excluding carboxylic acids is 1. The molecule has 0 saturated heterocycles. The predicted molar refractivity (Wildman–Crippen MR) is 119 cm³/mol. The summed E-state index contributed by atoms with van der Waals surface area (Å²) >= 11 is 11.9. The van der Waals surface area contributed by atoms with Crippen LogP contribution in [0.15, 0.2) is 60.8 Å². The van der Waals surface area contributed by atoms with Crippen LogP contribution in [0.5, 0.6) is 0 Å². The summed E-state index contributed by atoms with van der Waals surface area (Å²) in [5.74, 6) is -0.0193. The molecule has 0 aliphatic rings. The standard InChI is InChI=1S/C22H16Cl2N4O/c1-12-2-5-16(27-21(29)14-3-6-18(23)19(24)9-14)10-17(12)13-4-7-20-15(8-13)11-26-22(25)28-20/h2-11H,1H3,(H,27,29)(H2,25,26,28). The van der Waals surface area contributed by atoms with Crippen LogP contribution in [0.2, 0.25) is 10.0 Å². The maximum atomic E-state index is 12.6. The van der Waals surface area contributed by atoms with Gasteiger partial charge in [-0.1, -0.05) is 35.3 Å². The molecule has 0 bridgehead atoms. The number of aromatic nitrogens is 2. The van der Waals surface area contributed by atoms with Crippen LogP contribution in [-0.4, -0.2) is 15.9 Å². The summed E-state index contributed by atoms with van der Waals surface area (Å²) in [7, 11) is 0. The van der Waals surface area contributed by atoms with Crippen LogP contribution in [0, 0.1) is 6.92 Å². The van der Waals surface area contributed by atoms with E-state index in [2.05, 4.69) is 15.3 Å². The van der Waals surface area contributed by atoms with Crippen molar-refractivity contribution in [2.24, 2.45) is 0 Å². The Morgan fingerprint density at radius 3 is 2.62 bits per heavy atom. The molecule has 0 radical (unpaired) electrons. The van der Waals surface area contributed by atoms with Crippen LogP contribution in [0.1, 0.15) is 15.9 Å². The first kappa shape index (κ1) is 19.2. The number of hydrogen-bond donors (Lipinski definition) is 2. The zero-order chi connectivity index (χ0) is 20.5. The van der Waals surface area contributed by atoms with Crippen LogP contribution < -0.4 is 11.1 Å². The number of rotatable bonds is 3. The van der Waals surface area contributed by atoms with Crippen molar-refractivity contribution in [3.8, 4) is 11.1 Å². The molecule has 0 aliphatic carbocycles. The summed E-state index contributed by atoms with van der Waals surface area (Å²) in [6.45, 7) is 2.02. The minimum atomic E-state index is -0.263. The third-order valence-electron chi connectivity index (χ3n) is 4.59. The monoisotopic (exact) mass is 422 g/mol. The molecule has 0 aliphatic heterocycles. The van der Waals surface area contributed by atoms with Gasteiger partial charge < -0.3 is 11.1 Å². The molecule has 4 rings (SSSR count). The molecule has 7 heteroatoms. The number of hydrogen-bond acceptors (Lipinski definition) is 4. The fourth-order valence-corrected chi connectivity index (χ4v) is 3.36. The van der Waals surface area contributed by atoms with Crippen LogP contribution >= 0.6 is 23.2 Å². The molecule has 0 spiro atoms. The molecule has 5 nitrogen and oxygen atoms in total. The molecule has 0 atom stereocenters. The highest BCUT2D eigenvalue weighted by Gasteiger charge is 2.11. The van der Waals surface area contributed by atoms with E-state index in [1.165, 1.54) is 0 Å². The number of nitrogens with one attached hydrogen (secondary N) is 1. The van der Waals surface area contributed by atoms with Gasteiger partial charge in [0, 0.05) is 22.8 Å². The second-order valence-corrected chi connectivity index (χ2v) is 7.43. The quantitative estimate of drug-likeness (QED) is 0.440. The molecule has 4 aromatic rings. The Bertz CT molecular complexity index is 1260. The fraction of sp³-hybridized carbons (Fsp3) is 0.0455. The van der Waals surface area contributed by atoms with Crippen LogP contribution in [-0.2, 0) is 0 Å². The van der Waals surface area contributed by atoms with Crippen LogP contribution in [0.4, 0.5) is 11.6 Å². The molecule has 144 valence electrons. The number of carbonyl (C=O) groups is 1. The number of halogens is 2. The van der Waals surface area contributed by atoms with Gasteiger partial charge >= 0.3 is 0 Å². The fourth-order valence-electron chi connectivity index (χ4n) is 3.07. The van der Waals surface area contributed by atoms with E-state index >= 15 is 0 Å². The number of benzene rings is 3. The van der Waals surface area contributed by atoms with Crippen molar-refractivity contribution in [3.05, 3.63) is 82.0 Å². The summed E-state index contributed by atoms with van der Waals surface area (Å²) in [4.78, 5) is 20.9. The van der Waals surface area contributed by atoms with Gasteiger partial charge in [0.25, 0.3) is 5.91 Å². The summed E-state index contributed by atoms with van der Waals surface area (Å²) in [6, 6.07) is 16.4. The largest absolute Gasteiger partial charge is 0.368 e. The third kappa shape index (κ3) is 4.01. The number of aryl methyl sites for hydroxylation is 1. The Hall–Kier alpha value is -3.15. The highest BCUT2D eigenvalue weighted by atomic mass is 35.5. The lowest BCUT2D eigenvalue weighted by molar-refractivity contribution is 0.102. The number of anilines is 2. The van der Waals surface area contributed by atoms with Crippen molar-refractivity contribution in [1.29, 1.82) is 0 Å². The Morgan fingerprint density at radius 1 is 1.00 bits per heavy atom. The molecule has 29 heavy (non-hydrogen) atoms. The molecular formula is C22H16Cl2N4O. The smallest absolute Gasteiger partial charge is 0.255 e. The number of amides is 1. The lowest BCUT2D eigenvalue weighted by Crippen LogP contribution is -2.12. The Labute approximate surface area is 177 Å². The maximum absolute atomic E-state index is 12.6. The Balaban J connectivity index is 1.66. The molecular weight excluding hydrogens is 407 g/mol. The van der Waals surface area contributed by atoms with Gasteiger partial charge in [-0.15, -0.1) is 0 Å². The van der Waals surface area contributed by atoms with Crippen LogP contribution in [0.3, 0.4) is 0 Å². The highest BCUT2D eigenvalue weighted by Crippen LogP contribution is 2.29. The van der Waals surface area contributed by atoms with Gasteiger partial charge in [0.05, 0.1) is 15.6 Å². The lowest BCUT2D eigenvalue weighted by atomic mass is 9.98. The van der Waals surface area contributed by atoms with E-state index in [0.717, 1.165) is 27.6 Å². The van der Waals surface area contributed by atoms with Crippen molar-refractivity contribution in [2.75, 3.05) is 11.1 Å². The zero-order valence-electron chi connectivity index (χ0n) is 15.4. The van der Waals surface area contributed by atoms with E-state index < -0.39 is 0 Å². The molecule has 1 heterocycles. The number of nitrogen functional groups attached to an aromatic ring is 1.